The highest BCUT2D eigenvalue weighted by Crippen LogP contribution is 2.16. The Labute approximate surface area is 105 Å². The van der Waals surface area contributed by atoms with Gasteiger partial charge in [-0.2, -0.15) is 0 Å². The molecule has 0 amide bonds. The monoisotopic (exact) mass is 236 g/mol. The Hall–Kier alpha value is -1.32. The molecule has 0 aromatic heterocycles. The van der Waals surface area contributed by atoms with Gasteiger partial charge in [-0.1, -0.05) is 0 Å². The zero-order valence-electron chi connectivity index (χ0n) is 11.4. The Morgan fingerprint density at radius 1 is 0.765 bits per heavy atom. The lowest BCUT2D eigenvalue weighted by molar-refractivity contribution is 0.166. The molecule has 2 rings (SSSR count). The highest BCUT2D eigenvalue weighted by Gasteiger charge is 2.20. The maximum absolute atomic E-state index is 2.40. The van der Waals surface area contributed by atoms with Gasteiger partial charge in [-0.3, -0.25) is 0 Å². The van der Waals surface area contributed by atoms with Crippen LogP contribution in [-0.4, -0.2) is 59.1 Å². The molecule has 96 valence electrons. The van der Waals surface area contributed by atoms with Gasteiger partial charge < -0.3 is 19.6 Å². The standard InChI is InChI=1S/C13H24N4/c1-12-14(3)8-10-16(12)6-5-7-17-11-9-15(4)13(17)2/h8-13H,5-7H2,1-4H3. The smallest absolute Gasteiger partial charge is 0.0974 e. The molecule has 2 aliphatic heterocycles. The van der Waals surface area contributed by atoms with Gasteiger partial charge in [-0.05, 0) is 20.3 Å². The fourth-order valence-electron chi connectivity index (χ4n) is 2.31. The van der Waals surface area contributed by atoms with Crippen LogP contribution in [0.3, 0.4) is 0 Å². The summed E-state index contributed by atoms with van der Waals surface area (Å²) >= 11 is 0. The summed E-state index contributed by atoms with van der Waals surface area (Å²) in [5, 5.41) is 0. The summed E-state index contributed by atoms with van der Waals surface area (Å²) in [4.78, 5) is 9.28. The minimum absolute atomic E-state index is 0.504. The van der Waals surface area contributed by atoms with Gasteiger partial charge >= 0.3 is 0 Å². The molecule has 4 heteroatoms. The van der Waals surface area contributed by atoms with Crippen molar-refractivity contribution in [3.8, 4) is 0 Å². The molecule has 0 saturated carbocycles. The van der Waals surface area contributed by atoms with Gasteiger partial charge in [0.2, 0.25) is 0 Å². The van der Waals surface area contributed by atoms with Crippen LogP contribution < -0.4 is 0 Å². The molecule has 2 aliphatic rings. The minimum atomic E-state index is 0.504. The Bertz CT molecular complexity index is 283. The molecule has 0 N–H and O–H groups in total. The zero-order chi connectivity index (χ0) is 12.4. The summed E-state index contributed by atoms with van der Waals surface area (Å²) in [6.07, 6.45) is 10.9. The molecule has 17 heavy (non-hydrogen) atoms. The van der Waals surface area contributed by atoms with E-state index in [2.05, 4.69) is 72.3 Å². The largest absolute Gasteiger partial charge is 0.359 e. The fourth-order valence-corrected chi connectivity index (χ4v) is 2.31. The summed E-state index contributed by atoms with van der Waals surface area (Å²) < 4.78 is 0. The summed E-state index contributed by atoms with van der Waals surface area (Å²) in [7, 11) is 4.25. The summed E-state index contributed by atoms with van der Waals surface area (Å²) in [5.74, 6) is 0. The molecule has 0 saturated heterocycles. The van der Waals surface area contributed by atoms with Gasteiger partial charge in [-0.15, -0.1) is 0 Å². The first-order chi connectivity index (χ1) is 8.09. The molecule has 2 heterocycles. The Balaban J connectivity index is 1.70. The summed E-state index contributed by atoms with van der Waals surface area (Å²) in [6, 6.07) is 0. The predicted octanol–water partition coefficient (Wildman–Crippen LogP) is 1.51. The average molecular weight is 236 g/mol. The molecule has 2 atom stereocenters. The topological polar surface area (TPSA) is 13.0 Å². The average Bonchev–Trinajstić information content (AvgIpc) is 2.79. The van der Waals surface area contributed by atoms with Crippen molar-refractivity contribution in [1.82, 2.24) is 19.6 Å². The van der Waals surface area contributed by atoms with Crippen LogP contribution in [0.4, 0.5) is 0 Å². The van der Waals surface area contributed by atoms with Crippen LogP contribution in [0.2, 0.25) is 0 Å². The van der Waals surface area contributed by atoms with E-state index in [9.17, 15) is 0 Å². The van der Waals surface area contributed by atoms with Gasteiger partial charge in [0.05, 0.1) is 12.3 Å². The van der Waals surface area contributed by atoms with Crippen molar-refractivity contribution in [3.63, 3.8) is 0 Å². The van der Waals surface area contributed by atoms with Gasteiger partial charge in [0.15, 0.2) is 0 Å². The third-order valence-electron chi connectivity index (χ3n) is 3.96. The van der Waals surface area contributed by atoms with Crippen molar-refractivity contribution in [1.29, 1.82) is 0 Å². The summed E-state index contributed by atoms with van der Waals surface area (Å²) in [5.41, 5.74) is 0. The predicted molar refractivity (Wildman–Crippen MR) is 70.8 cm³/mol. The first-order valence-electron chi connectivity index (χ1n) is 6.41. The van der Waals surface area contributed by atoms with E-state index in [1.165, 1.54) is 6.42 Å². The van der Waals surface area contributed by atoms with Gasteiger partial charge in [0.1, 0.15) is 0 Å². The normalized spacial score (nSPS) is 27.8. The number of hydrogen-bond acceptors (Lipinski definition) is 4. The molecule has 2 unspecified atom stereocenters. The highest BCUT2D eigenvalue weighted by atomic mass is 15.4. The molecule has 0 radical (unpaired) electrons. The molecule has 0 bridgehead atoms. The van der Waals surface area contributed by atoms with E-state index in [1.807, 2.05) is 0 Å². The fraction of sp³-hybridized carbons (Fsp3) is 0.692. The van der Waals surface area contributed by atoms with E-state index < -0.39 is 0 Å². The zero-order valence-corrected chi connectivity index (χ0v) is 11.4. The molecule has 4 nitrogen and oxygen atoms in total. The Morgan fingerprint density at radius 2 is 1.18 bits per heavy atom. The maximum atomic E-state index is 2.40. The summed E-state index contributed by atoms with van der Waals surface area (Å²) in [6.45, 7) is 6.74. The van der Waals surface area contributed by atoms with Crippen molar-refractivity contribution in [3.05, 3.63) is 24.8 Å². The highest BCUT2D eigenvalue weighted by molar-refractivity contribution is 4.95. The van der Waals surface area contributed by atoms with Crippen molar-refractivity contribution in [2.45, 2.75) is 32.6 Å². The Kier molecular flexibility index (Phi) is 3.50. The molecule has 0 aromatic rings. The minimum Gasteiger partial charge on any atom is -0.359 e. The molecule has 0 fully saturated rings. The lowest BCUT2D eigenvalue weighted by Gasteiger charge is -2.30. The van der Waals surface area contributed by atoms with Crippen molar-refractivity contribution < 1.29 is 0 Å². The van der Waals surface area contributed by atoms with Crippen LogP contribution in [0.5, 0.6) is 0 Å². The molecular formula is C13H24N4. The van der Waals surface area contributed by atoms with Gasteiger partial charge in [0, 0.05) is 52.0 Å². The molecular weight excluding hydrogens is 212 g/mol. The van der Waals surface area contributed by atoms with Crippen molar-refractivity contribution in [2.75, 3.05) is 27.2 Å². The second-order valence-electron chi connectivity index (χ2n) is 5.02. The number of rotatable bonds is 4. The number of nitrogens with zero attached hydrogens (tertiary/aromatic N) is 4. The van der Waals surface area contributed by atoms with E-state index in [4.69, 9.17) is 0 Å². The van der Waals surface area contributed by atoms with Crippen LogP contribution in [0.15, 0.2) is 24.8 Å². The third-order valence-corrected chi connectivity index (χ3v) is 3.96. The number of hydrogen-bond donors (Lipinski definition) is 0. The van der Waals surface area contributed by atoms with Crippen LogP contribution in [0, 0.1) is 0 Å². The quantitative estimate of drug-likeness (QED) is 0.733. The van der Waals surface area contributed by atoms with Crippen molar-refractivity contribution >= 4 is 0 Å². The van der Waals surface area contributed by atoms with Crippen LogP contribution >= 0.6 is 0 Å². The van der Waals surface area contributed by atoms with Crippen molar-refractivity contribution in [2.24, 2.45) is 0 Å². The van der Waals surface area contributed by atoms with E-state index >= 15 is 0 Å². The lowest BCUT2D eigenvalue weighted by atomic mass is 10.3. The van der Waals surface area contributed by atoms with E-state index in [-0.39, 0.29) is 0 Å². The van der Waals surface area contributed by atoms with E-state index in [0.717, 1.165) is 13.1 Å². The van der Waals surface area contributed by atoms with E-state index in [1.54, 1.807) is 0 Å². The van der Waals surface area contributed by atoms with E-state index in [0.29, 0.717) is 12.3 Å². The third kappa shape index (κ3) is 2.51. The van der Waals surface area contributed by atoms with Crippen LogP contribution in [0.25, 0.3) is 0 Å². The molecule has 0 aromatic carbocycles. The lowest BCUT2D eigenvalue weighted by Crippen LogP contribution is -2.37. The molecule has 0 aliphatic carbocycles. The maximum Gasteiger partial charge on any atom is 0.0974 e. The van der Waals surface area contributed by atoms with Gasteiger partial charge in [0.25, 0.3) is 0 Å². The first kappa shape index (κ1) is 12.1. The van der Waals surface area contributed by atoms with Crippen LogP contribution in [0.1, 0.15) is 20.3 Å². The second kappa shape index (κ2) is 4.90. The molecule has 0 spiro atoms. The second-order valence-corrected chi connectivity index (χ2v) is 5.02. The van der Waals surface area contributed by atoms with Crippen LogP contribution in [-0.2, 0) is 0 Å². The van der Waals surface area contributed by atoms with Gasteiger partial charge in [-0.25, -0.2) is 0 Å². The first-order valence-corrected chi connectivity index (χ1v) is 6.41. The SMILES string of the molecule is CC1N(C)C=CN1CCCN1C=CN(C)C1C. The Morgan fingerprint density at radius 3 is 1.47 bits per heavy atom.